The van der Waals surface area contributed by atoms with Crippen molar-refractivity contribution in [1.82, 2.24) is 9.38 Å². The topological polar surface area (TPSA) is 110 Å². The normalized spacial score (nSPS) is 12.1. The number of anilines is 1. The van der Waals surface area contributed by atoms with Crippen molar-refractivity contribution in [2.75, 3.05) is 11.9 Å². The van der Waals surface area contributed by atoms with Crippen molar-refractivity contribution in [3.05, 3.63) is 79.5 Å². The minimum atomic E-state index is -1.20. The molecule has 10 heteroatoms. The van der Waals surface area contributed by atoms with E-state index in [1.165, 1.54) is 24.4 Å². The van der Waals surface area contributed by atoms with Crippen LogP contribution in [-0.4, -0.2) is 26.0 Å². The van der Waals surface area contributed by atoms with E-state index < -0.39 is 28.1 Å². The molecule has 2 N–H and O–H groups in total. The van der Waals surface area contributed by atoms with Crippen LogP contribution in [0.4, 0.5) is 15.9 Å². The molecule has 0 amide bonds. The lowest BCUT2D eigenvalue weighted by Gasteiger charge is -2.13. The molecule has 1 unspecified atom stereocenters. The zero-order valence-electron chi connectivity index (χ0n) is 13.1. The third-order valence-electron chi connectivity index (χ3n) is 3.68. The second-order valence-corrected chi connectivity index (χ2v) is 5.78. The van der Waals surface area contributed by atoms with Crippen molar-refractivity contribution in [3.8, 4) is 0 Å². The molecule has 0 radical (unpaired) electrons. The van der Waals surface area contributed by atoms with Gasteiger partial charge in [-0.3, -0.25) is 19.3 Å². The van der Waals surface area contributed by atoms with Crippen molar-refractivity contribution in [2.45, 2.75) is 6.10 Å². The van der Waals surface area contributed by atoms with Gasteiger partial charge in [-0.1, -0.05) is 23.7 Å². The number of hydrogen-bond acceptors (Lipinski definition) is 6. The third kappa shape index (κ3) is 3.35. The first-order valence-corrected chi connectivity index (χ1v) is 7.79. The maximum absolute atomic E-state index is 13.5. The minimum absolute atomic E-state index is 0.0891. The van der Waals surface area contributed by atoms with E-state index in [9.17, 15) is 24.4 Å². The molecule has 0 saturated heterocycles. The molecule has 2 aromatic heterocycles. The number of benzene rings is 1. The van der Waals surface area contributed by atoms with E-state index in [0.717, 1.165) is 10.5 Å². The van der Waals surface area contributed by atoms with E-state index >= 15 is 0 Å². The van der Waals surface area contributed by atoms with Gasteiger partial charge in [0.25, 0.3) is 0 Å². The number of pyridine rings is 1. The van der Waals surface area contributed by atoms with Gasteiger partial charge in [-0.15, -0.1) is 0 Å². The Bertz CT molecular complexity index is 1060. The second kappa shape index (κ2) is 7.06. The van der Waals surface area contributed by atoms with Crippen LogP contribution >= 0.6 is 11.6 Å². The summed E-state index contributed by atoms with van der Waals surface area (Å²) in [5, 5.41) is 23.9. The first-order chi connectivity index (χ1) is 12.4. The number of nitrogens with one attached hydrogen (secondary N) is 1. The molecule has 0 aliphatic carbocycles. The number of rotatable bonds is 5. The van der Waals surface area contributed by atoms with Crippen molar-refractivity contribution in [3.63, 3.8) is 0 Å². The van der Waals surface area contributed by atoms with E-state index in [2.05, 4.69) is 10.3 Å². The summed E-state index contributed by atoms with van der Waals surface area (Å²) in [6.45, 7) is -0.225. The van der Waals surface area contributed by atoms with E-state index in [4.69, 9.17) is 11.6 Å². The average molecular weight is 379 g/mol. The molecule has 26 heavy (non-hydrogen) atoms. The molecule has 2 heterocycles. The summed E-state index contributed by atoms with van der Waals surface area (Å²) in [6.07, 6.45) is 0.171. The number of nitrogens with zero attached hydrogens (tertiary/aromatic N) is 3. The van der Waals surface area contributed by atoms with Crippen LogP contribution in [-0.2, 0) is 0 Å². The largest absolute Gasteiger partial charge is 0.387 e. The third-order valence-corrected chi connectivity index (χ3v) is 3.99. The summed E-state index contributed by atoms with van der Waals surface area (Å²) in [6, 6.07) is 8.47. The monoisotopic (exact) mass is 378 g/mol. The SMILES string of the molecule is O=c1c([N+](=O)[O-])c(NCC(O)c2ccc(Cl)c(F)c2)nc2ccccn12. The number of hydrogen-bond donors (Lipinski definition) is 2. The molecular formula is C16H12ClFN4O4. The fraction of sp³-hybridized carbons (Fsp3) is 0.125. The molecule has 3 aromatic rings. The lowest BCUT2D eigenvalue weighted by molar-refractivity contribution is -0.385. The predicted molar refractivity (Wildman–Crippen MR) is 93.0 cm³/mol. The fourth-order valence-electron chi connectivity index (χ4n) is 2.40. The molecule has 0 spiro atoms. The van der Waals surface area contributed by atoms with E-state index in [1.807, 2.05) is 0 Å². The molecule has 0 aliphatic heterocycles. The van der Waals surface area contributed by atoms with E-state index in [-0.39, 0.29) is 28.6 Å². The second-order valence-electron chi connectivity index (χ2n) is 5.37. The fourth-order valence-corrected chi connectivity index (χ4v) is 2.52. The van der Waals surface area contributed by atoms with Crippen LogP contribution in [0.5, 0.6) is 0 Å². The Morgan fingerprint density at radius 3 is 2.85 bits per heavy atom. The smallest absolute Gasteiger partial charge is 0.376 e. The van der Waals surface area contributed by atoms with Gasteiger partial charge in [0.05, 0.1) is 16.0 Å². The number of nitro groups is 1. The summed E-state index contributed by atoms with van der Waals surface area (Å²) in [4.78, 5) is 26.8. The highest BCUT2D eigenvalue weighted by atomic mass is 35.5. The maximum Gasteiger partial charge on any atom is 0.376 e. The number of halogens is 2. The Balaban J connectivity index is 1.92. The van der Waals surface area contributed by atoms with Crippen LogP contribution in [0.25, 0.3) is 5.65 Å². The number of fused-ring (bicyclic) bond motifs is 1. The molecule has 0 aliphatic rings. The van der Waals surface area contributed by atoms with Crippen molar-refractivity contribution in [1.29, 1.82) is 0 Å². The Morgan fingerprint density at radius 1 is 1.38 bits per heavy atom. The predicted octanol–water partition coefficient (Wildman–Crippen LogP) is 2.54. The Hall–Kier alpha value is -3.04. The molecule has 1 atom stereocenters. The van der Waals surface area contributed by atoms with Crippen molar-refractivity contribution >= 4 is 28.8 Å². The Morgan fingerprint density at radius 2 is 2.15 bits per heavy atom. The zero-order valence-corrected chi connectivity index (χ0v) is 13.9. The van der Waals surface area contributed by atoms with Crippen LogP contribution in [0.15, 0.2) is 47.4 Å². The van der Waals surface area contributed by atoms with E-state index in [0.29, 0.717) is 0 Å². The van der Waals surface area contributed by atoms with Gasteiger partial charge in [0.15, 0.2) is 0 Å². The molecule has 134 valence electrons. The van der Waals surface area contributed by atoms with Crippen LogP contribution in [0.3, 0.4) is 0 Å². The number of aliphatic hydroxyl groups excluding tert-OH is 1. The van der Waals surface area contributed by atoms with Gasteiger partial charge < -0.3 is 10.4 Å². The number of aliphatic hydroxyl groups is 1. The van der Waals surface area contributed by atoms with Crippen LogP contribution in [0.2, 0.25) is 5.02 Å². The average Bonchev–Trinajstić information content (AvgIpc) is 2.61. The lowest BCUT2D eigenvalue weighted by atomic mass is 10.1. The van der Waals surface area contributed by atoms with Gasteiger partial charge in [0, 0.05) is 12.7 Å². The zero-order chi connectivity index (χ0) is 18.8. The lowest BCUT2D eigenvalue weighted by Crippen LogP contribution is -2.22. The molecule has 8 nitrogen and oxygen atoms in total. The molecule has 3 rings (SSSR count). The molecule has 0 fully saturated rings. The summed E-state index contributed by atoms with van der Waals surface area (Å²) in [5.41, 5.74) is -1.17. The quantitative estimate of drug-likeness (QED) is 0.521. The van der Waals surface area contributed by atoms with Gasteiger partial charge in [0.2, 0.25) is 5.82 Å². The van der Waals surface area contributed by atoms with Gasteiger partial charge in [-0.05, 0) is 29.8 Å². The van der Waals surface area contributed by atoms with Gasteiger partial charge in [-0.25, -0.2) is 9.37 Å². The van der Waals surface area contributed by atoms with Gasteiger partial charge in [0.1, 0.15) is 11.5 Å². The van der Waals surface area contributed by atoms with Gasteiger partial charge >= 0.3 is 11.2 Å². The summed E-state index contributed by atoms with van der Waals surface area (Å²) in [5.74, 6) is -0.976. The van der Waals surface area contributed by atoms with Crippen LogP contribution < -0.4 is 10.9 Å². The highest BCUT2D eigenvalue weighted by Crippen LogP contribution is 2.22. The standard InChI is InChI=1S/C16H12ClFN4O4/c17-10-5-4-9(7-11(10)18)12(23)8-19-15-14(22(25)26)16(24)21-6-2-1-3-13(21)20-15/h1-7,12,19,23H,8H2. The Labute approximate surface area is 150 Å². The molecule has 0 bridgehead atoms. The van der Waals surface area contributed by atoms with E-state index in [1.54, 1.807) is 12.1 Å². The summed E-state index contributed by atoms with van der Waals surface area (Å²) < 4.78 is 14.5. The highest BCUT2D eigenvalue weighted by molar-refractivity contribution is 6.30. The first kappa shape index (κ1) is 17.8. The summed E-state index contributed by atoms with van der Waals surface area (Å²) in [7, 11) is 0. The van der Waals surface area contributed by atoms with Gasteiger partial charge in [-0.2, -0.15) is 0 Å². The molecular weight excluding hydrogens is 367 g/mol. The summed E-state index contributed by atoms with van der Waals surface area (Å²) >= 11 is 5.59. The number of aromatic nitrogens is 2. The maximum atomic E-state index is 13.5. The highest BCUT2D eigenvalue weighted by Gasteiger charge is 2.24. The molecule has 0 saturated carbocycles. The van der Waals surface area contributed by atoms with Crippen LogP contribution in [0.1, 0.15) is 11.7 Å². The van der Waals surface area contributed by atoms with Crippen molar-refractivity contribution < 1.29 is 14.4 Å². The molecule has 1 aromatic carbocycles. The first-order valence-electron chi connectivity index (χ1n) is 7.41. The minimum Gasteiger partial charge on any atom is -0.387 e. The Kier molecular flexibility index (Phi) is 4.83. The van der Waals surface area contributed by atoms with Crippen molar-refractivity contribution in [2.24, 2.45) is 0 Å². The van der Waals surface area contributed by atoms with Crippen LogP contribution in [0, 0.1) is 15.9 Å².